The van der Waals surface area contributed by atoms with Gasteiger partial charge in [-0.3, -0.25) is 0 Å². The topological polar surface area (TPSA) is 30.9 Å². The molecule has 0 fully saturated rings. The van der Waals surface area contributed by atoms with Gasteiger partial charge in [-0.1, -0.05) is 41.5 Å². The van der Waals surface area contributed by atoms with Crippen molar-refractivity contribution in [1.82, 2.24) is 5.06 Å². The monoisotopic (exact) mass is 391 g/mol. The SMILES string of the molecule is CON(CC(C)O[Si](C)(C)C(C)(C)C)CC(C)O[Si](C)(C)C(C)(C)C. The Morgan fingerprint density at radius 3 is 1.20 bits per heavy atom. The van der Waals surface area contributed by atoms with E-state index in [0.717, 1.165) is 13.1 Å². The minimum atomic E-state index is -1.76. The Balaban J connectivity index is 4.71. The van der Waals surface area contributed by atoms with Crippen LogP contribution < -0.4 is 0 Å². The van der Waals surface area contributed by atoms with Crippen molar-refractivity contribution in [3.8, 4) is 0 Å². The fraction of sp³-hybridized carbons (Fsp3) is 1.00. The highest BCUT2D eigenvalue weighted by Crippen LogP contribution is 2.38. The predicted octanol–water partition coefficient (Wildman–Crippen LogP) is 5.67. The van der Waals surface area contributed by atoms with Gasteiger partial charge in [-0.25, -0.2) is 0 Å². The van der Waals surface area contributed by atoms with E-state index in [1.807, 2.05) is 5.06 Å². The average molecular weight is 392 g/mol. The molecular weight excluding hydrogens is 346 g/mol. The van der Waals surface area contributed by atoms with Crippen molar-refractivity contribution in [3.05, 3.63) is 0 Å². The third-order valence-corrected chi connectivity index (χ3v) is 15.0. The lowest BCUT2D eigenvalue weighted by atomic mass is 10.2. The van der Waals surface area contributed by atoms with Crippen LogP contribution in [0.2, 0.25) is 36.3 Å². The molecule has 2 atom stereocenters. The van der Waals surface area contributed by atoms with Crippen molar-refractivity contribution in [2.45, 2.75) is 104 Å². The normalized spacial score (nSPS) is 17.0. The molecule has 0 radical (unpaired) electrons. The third kappa shape index (κ3) is 8.22. The van der Waals surface area contributed by atoms with Crippen LogP contribution in [0.15, 0.2) is 0 Å². The van der Waals surface area contributed by atoms with Crippen molar-refractivity contribution in [2.75, 3.05) is 20.2 Å². The van der Waals surface area contributed by atoms with E-state index >= 15 is 0 Å². The number of nitrogens with zero attached hydrogens (tertiary/aromatic N) is 1. The minimum Gasteiger partial charge on any atom is -0.413 e. The average Bonchev–Trinajstić information content (AvgIpc) is 2.33. The van der Waals surface area contributed by atoms with Gasteiger partial charge in [0.2, 0.25) is 0 Å². The molecule has 0 aliphatic rings. The van der Waals surface area contributed by atoms with E-state index in [1.54, 1.807) is 7.11 Å². The Bertz CT molecular complexity index is 364. The second-order valence-corrected chi connectivity index (χ2v) is 19.9. The highest BCUT2D eigenvalue weighted by molar-refractivity contribution is 6.74. The largest absolute Gasteiger partial charge is 0.413 e. The summed E-state index contributed by atoms with van der Waals surface area (Å²) in [5.41, 5.74) is 0. The van der Waals surface area contributed by atoms with Crippen molar-refractivity contribution in [1.29, 1.82) is 0 Å². The molecule has 0 aromatic carbocycles. The Hall–Kier alpha value is 0.274. The highest BCUT2D eigenvalue weighted by Gasteiger charge is 2.40. The first kappa shape index (κ1) is 25.3. The molecule has 0 aromatic heterocycles. The summed E-state index contributed by atoms with van der Waals surface area (Å²) >= 11 is 0. The maximum absolute atomic E-state index is 6.46. The standard InChI is InChI=1S/C19H45NO3Si2/c1-16(22-24(10,11)18(3,4)5)14-20(21-9)15-17(2)23-25(12,13)19(6,7)8/h16-17H,14-15H2,1-13H3. The summed E-state index contributed by atoms with van der Waals surface area (Å²) in [6.45, 7) is 28.6. The van der Waals surface area contributed by atoms with Gasteiger partial charge in [-0.05, 0) is 50.1 Å². The van der Waals surface area contributed by atoms with Crippen LogP contribution in [0.1, 0.15) is 55.4 Å². The lowest BCUT2D eigenvalue weighted by Crippen LogP contribution is -2.48. The number of hydroxylamine groups is 2. The maximum atomic E-state index is 6.46. The van der Waals surface area contributed by atoms with Crippen molar-refractivity contribution < 1.29 is 13.7 Å². The van der Waals surface area contributed by atoms with E-state index in [2.05, 4.69) is 81.6 Å². The fourth-order valence-electron chi connectivity index (χ4n) is 2.23. The number of hydrogen-bond donors (Lipinski definition) is 0. The van der Waals surface area contributed by atoms with Crippen LogP contribution in [0.5, 0.6) is 0 Å². The zero-order chi connectivity index (χ0) is 20.3. The summed E-state index contributed by atoms with van der Waals surface area (Å²) in [5, 5.41) is 2.42. The summed E-state index contributed by atoms with van der Waals surface area (Å²) in [4.78, 5) is 5.60. The van der Waals surface area contributed by atoms with Gasteiger partial charge in [0.15, 0.2) is 16.6 Å². The fourth-order valence-corrected chi connectivity index (χ4v) is 5.10. The van der Waals surface area contributed by atoms with E-state index in [4.69, 9.17) is 13.7 Å². The van der Waals surface area contributed by atoms with Crippen LogP contribution in [0, 0.1) is 0 Å². The first-order valence-corrected chi connectivity index (χ1v) is 15.4. The third-order valence-electron chi connectivity index (χ3n) is 5.78. The van der Waals surface area contributed by atoms with Crippen LogP contribution in [0.3, 0.4) is 0 Å². The van der Waals surface area contributed by atoms with Crippen molar-refractivity contribution >= 4 is 16.6 Å². The molecule has 2 unspecified atom stereocenters. The Morgan fingerprint density at radius 2 is 1.00 bits per heavy atom. The molecule has 0 bridgehead atoms. The maximum Gasteiger partial charge on any atom is 0.192 e. The molecule has 4 nitrogen and oxygen atoms in total. The Kier molecular flexibility index (Phi) is 9.07. The minimum absolute atomic E-state index is 0.140. The van der Waals surface area contributed by atoms with Crippen LogP contribution in [-0.4, -0.2) is 54.1 Å². The van der Waals surface area contributed by atoms with Gasteiger partial charge in [0.05, 0.1) is 19.3 Å². The zero-order valence-corrected chi connectivity index (χ0v) is 21.2. The number of hydrogen-bond acceptors (Lipinski definition) is 4. The molecule has 0 saturated heterocycles. The first-order chi connectivity index (χ1) is 10.9. The molecule has 0 heterocycles. The Morgan fingerprint density at radius 1 is 0.720 bits per heavy atom. The molecule has 0 aliphatic carbocycles. The second kappa shape index (κ2) is 8.98. The summed E-state index contributed by atoms with van der Waals surface area (Å²) in [6.07, 6.45) is 0.279. The van der Waals surface area contributed by atoms with Crippen LogP contribution >= 0.6 is 0 Å². The highest BCUT2D eigenvalue weighted by atomic mass is 28.4. The van der Waals surface area contributed by atoms with Crippen molar-refractivity contribution in [2.24, 2.45) is 0 Å². The molecule has 6 heteroatoms. The van der Waals surface area contributed by atoms with Gasteiger partial charge >= 0.3 is 0 Å². The molecule has 0 aromatic rings. The van der Waals surface area contributed by atoms with Gasteiger partial charge in [0.1, 0.15) is 0 Å². The Labute approximate surface area is 159 Å². The van der Waals surface area contributed by atoms with Gasteiger partial charge in [-0.15, -0.1) is 0 Å². The van der Waals surface area contributed by atoms with E-state index < -0.39 is 16.6 Å². The summed E-state index contributed by atoms with van der Waals surface area (Å²) in [6, 6.07) is 0. The summed E-state index contributed by atoms with van der Waals surface area (Å²) in [7, 11) is -1.78. The van der Waals surface area contributed by atoms with Gasteiger partial charge in [0.25, 0.3) is 0 Å². The van der Waals surface area contributed by atoms with E-state index in [0.29, 0.717) is 0 Å². The lowest BCUT2D eigenvalue weighted by molar-refractivity contribution is -0.157. The van der Waals surface area contributed by atoms with Gasteiger partial charge < -0.3 is 13.7 Å². The van der Waals surface area contributed by atoms with Crippen LogP contribution in [-0.2, 0) is 13.7 Å². The lowest BCUT2D eigenvalue weighted by Gasteiger charge is -2.40. The van der Waals surface area contributed by atoms with Gasteiger partial charge in [0, 0.05) is 13.1 Å². The molecule has 0 spiro atoms. The molecule has 0 N–H and O–H groups in total. The van der Waals surface area contributed by atoms with Crippen LogP contribution in [0.4, 0.5) is 0 Å². The van der Waals surface area contributed by atoms with E-state index in [1.165, 1.54) is 0 Å². The number of rotatable bonds is 9. The molecule has 0 amide bonds. The first-order valence-electron chi connectivity index (χ1n) is 9.57. The molecular formula is C19H45NO3Si2. The second-order valence-electron chi connectivity index (χ2n) is 10.4. The molecule has 0 aliphatic heterocycles. The molecule has 25 heavy (non-hydrogen) atoms. The van der Waals surface area contributed by atoms with E-state index in [-0.39, 0.29) is 22.3 Å². The zero-order valence-electron chi connectivity index (χ0n) is 19.2. The summed E-state index contributed by atoms with van der Waals surface area (Å²) < 4.78 is 12.9. The predicted molar refractivity (Wildman–Crippen MR) is 114 cm³/mol. The quantitative estimate of drug-likeness (QED) is 0.374. The molecule has 0 rings (SSSR count). The van der Waals surface area contributed by atoms with Crippen molar-refractivity contribution in [3.63, 3.8) is 0 Å². The molecule has 152 valence electrons. The van der Waals surface area contributed by atoms with Gasteiger partial charge in [-0.2, -0.15) is 5.06 Å². The smallest absolute Gasteiger partial charge is 0.192 e. The van der Waals surface area contributed by atoms with E-state index in [9.17, 15) is 0 Å². The summed E-state index contributed by atoms with van der Waals surface area (Å²) in [5.74, 6) is 0. The molecule has 0 saturated carbocycles. The van der Waals surface area contributed by atoms with Crippen LogP contribution in [0.25, 0.3) is 0 Å².